The van der Waals surface area contributed by atoms with Crippen molar-refractivity contribution >= 4 is 21.6 Å². The van der Waals surface area contributed by atoms with Crippen LogP contribution in [0.4, 0.5) is 0 Å². The van der Waals surface area contributed by atoms with Crippen LogP contribution in [0.1, 0.15) is 18.4 Å². The van der Waals surface area contributed by atoms with Gasteiger partial charge in [-0.2, -0.15) is 0 Å². The maximum Gasteiger partial charge on any atom is 0.251 e. The molecule has 0 saturated carbocycles. The van der Waals surface area contributed by atoms with Gasteiger partial charge in [0.1, 0.15) is 12.4 Å². The number of sulfone groups is 1. The topological polar surface area (TPSA) is 155 Å². The van der Waals surface area contributed by atoms with Crippen LogP contribution in [0.15, 0.2) is 64.5 Å². The first-order valence-electron chi connectivity index (χ1n) is 11.2. The number of aliphatic hydroxyl groups is 3. The average molecular weight is 507 g/mol. The Balaban J connectivity index is 1.81. The van der Waals surface area contributed by atoms with Crippen molar-refractivity contribution in [1.29, 1.82) is 0 Å². The highest BCUT2D eigenvalue weighted by atomic mass is 32.2. The minimum Gasteiger partial charge on any atom is -0.494 e. The van der Waals surface area contributed by atoms with Crippen molar-refractivity contribution in [2.75, 3.05) is 38.7 Å². The molecule has 11 heteroatoms. The number of aliphatic hydroxyl groups excluding tert-OH is 3. The molecule has 0 saturated heterocycles. The first kappa shape index (κ1) is 26.6. The minimum atomic E-state index is -3.68. The number of carbonyl (C=O) groups excluding carboxylic acids is 1. The van der Waals surface area contributed by atoms with E-state index in [0.29, 0.717) is 24.3 Å². The van der Waals surface area contributed by atoms with Gasteiger partial charge >= 0.3 is 0 Å². The summed E-state index contributed by atoms with van der Waals surface area (Å²) < 4.78 is 36.9. The average Bonchev–Trinajstić information content (AvgIpc) is 3.33. The molecular weight excluding hydrogens is 476 g/mol. The Bertz CT molecular complexity index is 1110. The maximum absolute atomic E-state index is 13.1. The first-order valence-corrected chi connectivity index (χ1v) is 12.9. The molecule has 0 aliphatic carbocycles. The van der Waals surface area contributed by atoms with E-state index in [-0.39, 0.29) is 42.7 Å². The summed E-state index contributed by atoms with van der Waals surface area (Å²) in [4.78, 5) is 17.7. The van der Waals surface area contributed by atoms with Crippen LogP contribution in [0.2, 0.25) is 0 Å². The molecule has 3 rings (SSSR count). The molecule has 1 aliphatic rings. The summed E-state index contributed by atoms with van der Waals surface area (Å²) in [5.74, 6) is -0.170. The van der Waals surface area contributed by atoms with Crippen molar-refractivity contribution in [2.24, 2.45) is 4.99 Å². The molecule has 1 unspecified atom stereocenters. The summed E-state index contributed by atoms with van der Waals surface area (Å²) in [6, 6.07) is 14.8. The molecule has 2 aromatic carbocycles. The third kappa shape index (κ3) is 7.01. The molecule has 190 valence electrons. The highest BCUT2D eigenvalue weighted by Crippen LogP contribution is 2.28. The summed E-state index contributed by atoms with van der Waals surface area (Å²) in [7, 11) is -3.68. The van der Waals surface area contributed by atoms with Crippen molar-refractivity contribution in [3.63, 3.8) is 0 Å². The lowest BCUT2D eigenvalue weighted by Crippen LogP contribution is -2.50. The fourth-order valence-electron chi connectivity index (χ4n) is 3.39. The number of ether oxygens (including phenoxy) is 2. The Labute approximate surface area is 204 Å². The monoisotopic (exact) mass is 506 g/mol. The van der Waals surface area contributed by atoms with Gasteiger partial charge in [0.25, 0.3) is 5.91 Å². The standard InChI is InChI=1S/C24H30N2O8S/c27-12-4-13-33-20-9-7-18(8-10-20)22-26-24(17-34-22,23(30)25-15-19(29)16-28)11-14-35(31,32)21-5-2-1-3-6-21/h1-3,5-10,19,27-29H,4,11-17H2,(H,25,30)/t19?,24-/m1/s1. The fourth-order valence-corrected chi connectivity index (χ4v) is 4.80. The zero-order valence-electron chi connectivity index (χ0n) is 19.2. The highest BCUT2D eigenvalue weighted by molar-refractivity contribution is 7.91. The number of hydrogen-bond donors (Lipinski definition) is 4. The van der Waals surface area contributed by atoms with Gasteiger partial charge < -0.3 is 30.1 Å². The molecule has 0 aromatic heterocycles. The summed E-state index contributed by atoms with van der Waals surface area (Å²) in [6.07, 6.45) is -0.795. The molecule has 2 atom stereocenters. The molecule has 0 spiro atoms. The Morgan fingerprint density at radius 1 is 1.14 bits per heavy atom. The van der Waals surface area contributed by atoms with Gasteiger partial charge in [-0.25, -0.2) is 13.4 Å². The molecule has 2 aromatic rings. The van der Waals surface area contributed by atoms with Crippen LogP contribution in [0.3, 0.4) is 0 Å². The number of amides is 1. The lowest BCUT2D eigenvalue weighted by Gasteiger charge is -2.23. The Morgan fingerprint density at radius 2 is 1.86 bits per heavy atom. The highest BCUT2D eigenvalue weighted by Gasteiger charge is 2.45. The number of nitrogens with zero attached hydrogens (tertiary/aromatic N) is 1. The lowest BCUT2D eigenvalue weighted by molar-refractivity contribution is -0.127. The first-order chi connectivity index (χ1) is 16.8. The van der Waals surface area contributed by atoms with Crippen molar-refractivity contribution in [1.82, 2.24) is 5.32 Å². The predicted molar refractivity (Wildman–Crippen MR) is 128 cm³/mol. The SMILES string of the molecule is O=C(NCC(O)CO)[C@@]1(CCS(=O)(=O)c2ccccc2)COC(c2ccc(OCCCO)cc2)=N1. The van der Waals surface area contributed by atoms with E-state index in [0.717, 1.165) is 0 Å². The number of rotatable bonds is 13. The van der Waals surface area contributed by atoms with Gasteiger partial charge in [-0.15, -0.1) is 0 Å². The molecule has 1 heterocycles. The normalized spacial score (nSPS) is 18.4. The largest absolute Gasteiger partial charge is 0.494 e. The van der Waals surface area contributed by atoms with Crippen LogP contribution in [0.5, 0.6) is 5.75 Å². The van der Waals surface area contributed by atoms with Crippen LogP contribution in [0.25, 0.3) is 0 Å². The molecule has 0 fully saturated rings. The van der Waals surface area contributed by atoms with Gasteiger partial charge in [0.2, 0.25) is 5.90 Å². The quantitative estimate of drug-likeness (QED) is 0.283. The van der Waals surface area contributed by atoms with Crippen molar-refractivity contribution < 1.29 is 38.0 Å². The van der Waals surface area contributed by atoms with Gasteiger partial charge in [0.15, 0.2) is 15.4 Å². The van der Waals surface area contributed by atoms with Gasteiger partial charge in [0, 0.05) is 25.1 Å². The van der Waals surface area contributed by atoms with Crippen LogP contribution < -0.4 is 10.1 Å². The van der Waals surface area contributed by atoms with E-state index in [1.807, 2.05) is 0 Å². The van der Waals surface area contributed by atoms with Crippen LogP contribution in [0, 0.1) is 0 Å². The molecular formula is C24H30N2O8S. The molecule has 35 heavy (non-hydrogen) atoms. The molecule has 4 N–H and O–H groups in total. The lowest BCUT2D eigenvalue weighted by atomic mass is 9.97. The Hall–Kier alpha value is -2.99. The second kappa shape index (κ2) is 12.1. The maximum atomic E-state index is 13.1. The second-order valence-corrected chi connectivity index (χ2v) is 10.2. The minimum absolute atomic E-state index is 0.0300. The summed E-state index contributed by atoms with van der Waals surface area (Å²) in [6.45, 7) is -0.530. The number of aliphatic imine (C=N–C) groups is 1. The molecule has 1 aliphatic heterocycles. The van der Waals surface area contributed by atoms with Crippen LogP contribution in [-0.4, -0.2) is 85.9 Å². The van der Waals surface area contributed by atoms with E-state index in [1.54, 1.807) is 42.5 Å². The molecule has 0 radical (unpaired) electrons. The van der Waals surface area contributed by atoms with Gasteiger partial charge in [-0.05, 0) is 42.8 Å². The van der Waals surface area contributed by atoms with Crippen molar-refractivity contribution in [3.8, 4) is 5.75 Å². The Kier molecular flexibility index (Phi) is 9.21. The van der Waals surface area contributed by atoms with Gasteiger partial charge in [0.05, 0.1) is 30.0 Å². The zero-order chi connectivity index (χ0) is 25.3. The molecule has 0 bridgehead atoms. The smallest absolute Gasteiger partial charge is 0.251 e. The summed E-state index contributed by atoms with van der Waals surface area (Å²) >= 11 is 0. The van der Waals surface area contributed by atoms with E-state index in [2.05, 4.69) is 10.3 Å². The van der Waals surface area contributed by atoms with E-state index in [1.165, 1.54) is 12.1 Å². The third-order valence-corrected chi connectivity index (χ3v) is 7.19. The van der Waals surface area contributed by atoms with Gasteiger partial charge in [-0.3, -0.25) is 4.79 Å². The molecule has 10 nitrogen and oxygen atoms in total. The van der Waals surface area contributed by atoms with E-state index in [4.69, 9.17) is 19.7 Å². The van der Waals surface area contributed by atoms with Crippen molar-refractivity contribution in [2.45, 2.75) is 29.4 Å². The number of hydrogen-bond acceptors (Lipinski definition) is 9. The Morgan fingerprint density at radius 3 is 2.51 bits per heavy atom. The summed E-state index contributed by atoms with van der Waals surface area (Å²) in [5, 5.41) is 30.0. The number of benzene rings is 2. The fraction of sp³-hybridized carbons (Fsp3) is 0.417. The van der Waals surface area contributed by atoms with Crippen LogP contribution >= 0.6 is 0 Å². The van der Waals surface area contributed by atoms with E-state index < -0.39 is 34.0 Å². The number of nitrogens with one attached hydrogen (secondary N) is 1. The second-order valence-electron chi connectivity index (χ2n) is 8.12. The zero-order valence-corrected chi connectivity index (χ0v) is 20.0. The third-order valence-electron chi connectivity index (χ3n) is 5.45. The van der Waals surface area contributed by atoms with Crippen LogP contribution in [-0.2, 0) is 19.4 Å². The number of carbonyl (C=O) groups is 1. The van der Waals surface area contributed by atoms with E-state index >= 15 is 0 Å². The molecule has 1 amide bonds. The van der Waals surface area contributed by atoms with E-state index in [9.17, 15) is 18.3 Å². The van der Waals surface area contributed by atoms with Gasteiger partial charge in [-0.1, -0.05) is 18.2 Å². The predicted octanol–water partition coefficient (Wildman–Crippen LogP) is 0.297. The van der Waals surface area contributed by atoms with Crippen molar-refractivity contribution in [3.05, 3.63) is 60.2 Å². The summed E-state index contributed by atoms with van der Waals surface area (Å²) in [5.41, 5.74) is -0.946.